The van der Waals surface area contributed by atoms with Crippen LogP contribution in [-0.2, 0) is 20.7 Å². The highest BCUT2D eigenvalue weighted by Crippen LogP contribution is 2.40. The largest absolute Gasteiger partial charge is 0.494 e. The predicted molar refractivity (Wildman–Crippen MR) is 84.8 cm³/mol. The zero-order valence-corrected chi connectivity index (χ0v) is 14.0. The Balaban J connectivity index is 2.45. The Labute approximate surface area is 128 Å². The van der Waals surface area contributed by atoms with Crippen LogP contribution in [0.5, 0.6) is 5.75 Å². The minimum absolute atomic E-state index is 0.0204. The van der Waals surface area contributed by atoms with E-state index in [2.05, 4.69) is 45.9 Å². The van der Waals surface area contributed by atoms with Gasteiger partial charge in [0.1, 0.15) is 5.75 Å². The third-order valence-electron chi connectivity index (χ3n) is 3.86. The Morgan fingerprint density at radius 1 is 1.14 bits per heavy atom. The van der Waals surface area contributed by atoms with Crippen LogP contribution in [0, 0.1) is 0 Å². The second-order valence-electron chi connectivity index (χ2n) is 6.59. The Morgan fingerprint density at radius 2 is 1.81 bits per heavy atom. The molecule has 3 heteroatoms. The normalized spacial score (nSPS) is 18.0. The number of ether oxygens (including phenoxy) is 3. The number of benzene rings is 1. The van der Waals surface area contributed by atoms with Gasteiger partial charge in [-0.1, -0.05) is 34.1 Å². The highest BCUT2D eigenvalue weighted by Gasteiger charge is 2.38. The van der Waals surface area contributed by atoms with Crippen molar-refractivity contribution in [2.24, 2.45) is 0 Å². The maximum Gasteiger partial charge on any atom is 0.194 e. The van der Waals surface area contributed by atoms with Gasteiger partial charge in [-0.05, 0) is 36.1 Å². The first-order valence-corrected chi connectivity index (χ1v) is 7.98. The molecule has 1 fully saturated rings. The summed E-state index contributed by atoms with van der Waals surface area (Å²) in [6.45, 7) is 12.8. The molecule has 118 valence electrons. The Kier molecular flexibility index (Phi) is 4.95. The van der Waals surface area contributed by atoms with Gasteiger partial charge in [0, 0.05) is 12.0 Å². The van der Waals surface area contributed by atoms with Crippen molar-refractivity contribution in [3.63, 3.8) is 0 Å². The molecule has 0 amide bonds. The molecule has 21 heavy (non-hydrogen) atoms. The lowest BCUT2D eigenvalue weighted by atomic mass is 9.84. The molecule has 1 aliphatic rings. The predicted octanol–water partition coefficient (Wildman–Crippen LogP) is 4.38. The summed E-state index contributed by atoms with van der Waals surface area (Å²) in [6.07, 6.45) is 1.91. The van der Waals surface area contributed by atoms with Crippen LogP contribution in [0.25, 0.3) is 0 Å². The summed E-state index contributed by atoms with van der Waals surface area (Å²) < 4.78 is 17.7. The van der Waals surface area contributed by atoms with Gasteiger partial charge < -0.3 is 14.2 Å². The summed E-state index contributed by atoms with van der Waals surface area (Å²) in [7, 11) is 0. The van der Waals surface area contributed by atoms with Crippen molar-refractivity contribution in [2.45, 2.75) is 58.7 Å². The molecular weight excluding hydrogens is 264 g/mol. The van der Waals surface area contributed by atoms with Gasteiger partial charge >= 0.3 is 0 Å². The molecule has 1 aliphatic heterocycles. The van der Waals surface area contributed by atoms with E-state index in [0.717, 1.165) is 24.2 Å². The SMILES string of the molecule is CCCC1(c2ccc(OCC)c(C(C)(C)C)c2)OCCO1. The van der Waals surface area contributed by atoms with Crippen molar-refractivity contribution in [2.75, 3.05) is 19.8 Å². The van der Waals surface area contributed by atoms with Crippen molar-refractivity contribution in [3.05, 3.63) is 29.3 Å². The van der Waals surface area contributed by atoms with Crippen LogP contribution in [0.2, 0.25) is 0 Å². The molecular formula is C18H28O3. The topological polar surface area (TPSA) is 27.7 Å². The minimum Gasteiger partial charge on any atom is -0.494 e. The Morgan fingerprint density at radius 3 is 2.33 bits per heavy atom. The monoisotopic (exact) mass is 292 g/mol. The minimum atomic E-state index is -0.570. The van der Waals surface area contributed by atoms with E-state index in [1.165, 1.54) is 5.56 Å². The quantitative estimate of drug-likeness (QED) is 0.806. The van der Waals surface area contributed by atoms with Crippen LogP contribution in [0.4, 0.5) is 0 Å². The highest BCUT2D eigenvalue weighted by atomic mass is 16.7. The van der Waals surface area contributed by atoms with Gasteiger partial charge in [-0.15, -0.1) is 0 Å². The lowest BCUT2D eigenvalue weighted by Crippen LogP contribution is -2.28. The maximum absolute atomic E-state index is 5.97. The molecule has 0 aliphatic carbocycles. The zero-order valence-electron chi connectivity index (χ0n) is 14.0. The third-order valence-corrected chi connectivity index (χ3v) is 3.86. The van der Waals surface area contributed by atoms with E-state index in [0.29, 0.717) is 19.8 Å². The van der Waals surface area contributed by atoms with E-state index in [4.69, 9.17) is 14.2 Å². The number of hydrogen-bond acceptors (Lipinski definition) is 3. The molecule has 0 N–H and O–H groups in total. The average Bonchev–Trinajstić information content (AvgIpc) is 2.88. The summed E-state index contributed by atoms with van der Waals surface area (Å²) in [6, 6.07) is 6.34. The van der Waals surface area contributed by atoms with E-state index in [9.17, 15) is 0 Å². The fraction of sp³-hybridized carbons (Fsp3) is 0.667. The molecule has 1 aromatic carbocycles. The van der Waals surface area contributed by atoms with Gasteiger partial charge in [-0.25, -0.2) is 0 Å². The number of rotatable bonds is 5. The van der Waals surface area contributed by atoms with E-state index in [1.807, 2.05) is 6.92 Å². The van der Waals surface area contributed by atoms with E-state index >= 15 is 0 Å². The van der Waals surface area contributed by atoms with Gasteiger partial charge in [0.2, 0.25) is 0 Å². The van der Waals surface area contributed by atoms with Gasteiger partial charge in [0.25, 0.3) is 0 Å². The van der Waals surface area contributed by atoms with Crippen molar-refractivity contribution in [1.82, 2.24) is 0 Å². The van der Waals surface area contributed by atoms with E-state index < -0.39 is 5.79 Å². The van der Waals surface area contributed by atoms with Crippen molar-refractivity contribution < 1.29 is 14.2 Å². The molecule has 0 spiro atoms. The van der Waals surface area contributed by atoms with Gasteiger partial charge in [0.15, 0.2) is 5.79 Å². The molecule has 0 radical (unpaired) electrons. The van der Waals surface area contributed by atoms with Crippen LogP contribution in [0.15, 0.2) is 18.2 Å². The second-order valence-corrected chi connectivity index (χ2v) is 6.59. The smallest absolute Gasteiger partial charge is 0.194 e. The molecule has 0 aromatic heterocycles. The van der Waals surface area contributed by atoms with Gasteiger partial charge in [-0.3, -0.25) is 0 Å². The molecule has 1 saturated heterocycles. The molecule has 0 atom stereocenters. The second kappa shape index (κ2) is 6.37. The van der Waals surface area contributed by atoms with Crippen LogP contribution < -0.4 is 4.74 Å². The summed E-state index contributed by atoms with van der Waals surface area (Å²) in [5.41, 5.74) is 2.33. The highest BCUT2D eigenvalue weighted by molar-refractivity contribution is 5.43. The molecule has 3 nitrogen and oxygen atoms in total. The fourth-order valence-corrected chi connectivity index (χ4v) is 2.87. The van der Waals surface area contributed by atoms with Crippen LogP contribution in [-0.4, -0.2) is 19.8 Å². The summed E-state index contributed by atoms with van der Waals surface area (Å²) in [4.78, 5) is 0. The Hall–Kier alpha value is -1.06. The first kappa shape index (κ1) is 16.3. The molecule has 0 saturated carbocycles. The first-order chi connectivity index (χ1) is 9.93. The van der Waals surface area contributed by atoms with E-state index in [1.54, 1.807) is 0 Å². The van der Waals surface area contributed by atoms with Crippen molar-refractivity contribution in [1.29, 1.82) is 0 Å². The standard InChI is InChI=1S/C18H28O3/c1-6-10-18(20-11-12-21-18)14-8-9-16(19-7-2)15(13-14)17(3,4)5/h8-9,13H,6-7,10-12H2,1-5H3. The summed E-state index contributed by atoms with van der Waals surface area (Å²) in [5.74, 6) is 0.387. The fourth-order valence-electron chi connectivity index (χ4n) is 2.87. The average molecular weight is 292 g/mol. The Bertz CT molecular complexity index is 468. The lowest BCUT2D eigenvalue weighted by molar-refractivity contribution is -0.171. The molecule has 0 unspecified atom stereocenters. The van der Waals surface area contributed by atoms with Crippen LogP contribution in [0.3, 0.4) is 0 Å². The maximum atomic E-state index is 5.97. The summed E-state index contributed by atoms with van der Waals surface area (Å²) in [5, 5.41) is 0. The molecule has 2 rings (SSSR count). The van der Waals surface area contributed by atoms with Gasteiger partial charge in [0.05, 0.1) is 19.8 Å². The lowest BCUT2D eigenvalue weighted by Gasteiger charge is -2.30. The van der Waals surface area contributed by atoms with E-state index in [-0.39, 0.29) is 5.41 Å². The first-order valence-electron chi connectivity index (χ1n) is 7.98. The van der Waals surface area contributed by atoms with Crippen LogP contribution in [0.1, 0.15) is 58.6 Å². The van der Waals surface area contributed by atoms with Crippen molar-refractivity contribution >= 4 is 0 Å². The molecule has 1 heterocycles. The number of hydrogen-bond donors (Lipinski definition) is 0. The van der Waals surface area contributed by atoms with Gasteiger partial charge in [-0.2, -0.15) is 0 Å². The third kappa shape index (κ3) is 3.41. The molecule has 0 bridgehead atoms. The molecule has 1 aromatic rings. The zero-order chi connectivity index (χ0) is 15.5. The summed E-state index contributed by atoms with van der Waals surface area (Å²) >= 11 is 0. The van der Waals surface area contributed by atoms with Crippen molar-refractivity contribution in [3.8, 4) is 5.75 Å². The van der Waals surface area contributed by atoms with Crippen LogP contribution >= 0.6 is 0 Å².